The number of hydrogen-bond acceptors (Lipinski definition) is 3. The Labute approximate surface area is 125 Å². The van der Waals surface area contributed by atoms with Crippen molar-refractivity contribution in [2.75, 3.05) is 20.3 Å². The Bertz CT molecular complexity index is 264. The van der Waals surface area contributed by atoms with Crippen molar-refractivity contribution in [3.63, 3.8) is 0 Å². The molecule has 1 saturated carbocycles. The van der Waals surface area contributed by atoms with Gasteiger partial charge in [0.1, 0.15) is 0 Å². The highest BCUT2D eigenvalue weighted by Crippen LogP contribution is 2.31. The molecule has 2 N–H and O–H groups in total. The Hall–Kier alpha value is -0.120. The van der Waals surface area contributed by atoms with E-state index in [1.54, 1.807) is 0 Å². The van der Waals surface area contributed by atoms with Crippen molar-refractivity contribution in [3.05, 3.63) is 0 Å². The van der Waals surface area contributed by atoms with Gasteiger partial charge in [0.15, 0.2) is 0 Å². The third-order valence-corrected chi connectivity index (χ3v) is 5.26. The zero-order valence-electron chi connectivity index (χ0n) is 13.7. The standard InChI is InChI=1S/C17H34N2O/c1-13(2)17(12-20-3)19-16-10-5-4-8-14(16)15-9-6-7-11-18-15/h13-19H,4-12H2,1-3H3. The van der Waals surface area contributed by atoms with Crippen molar-refractivity contribution in [1.29, 1.82) is 0 Å². The third-order valence-electron chi connectivity index (χ3n) is 5.26. The number of piperidine rings is 1. The van der Waals surface area contributed by atoms with Crippen LogP contribution in [0.1, 0.15) is 58.8 Å². The van der Waals surface area contributed by atoms with E-state index in [4.69, 9.17) is 4.74 Å². The molecule has 0 spiro atoms. The van der Waals surface area contributed by atoms with Gasteiger partial charge in [-0.3, -0.25) is 0 Å². The molecule has 3 nitrogen and oxygen atoms in total. The van der Waals surface area contributed by atoms with E-state index in [2.05, 4.69) is 24.5 Å². The Morgan fingerprint density at radius 3 is 2.50 bits per heavy atom. The Morgan fingerprint density at radius 2 is 1.85 bits per heavy atom. The lowest BCUT2D eigenvalue weighted by Gasteiger charge is -2.42. The summed E-state index contributed by atoms with van der Waals surface area (Å²) in [6, 6.07) is 1.92. The summed E-state index contributed by atoms with van der Waals surface area (Å²) in [5.74, 6) is 1.46. The first-order chi connectivity index (χ1) is 9.72. The SMILES string of the molecule is COCC(NC1CCCCC1C1CCCCN1)C(C)C. The van der Waals surface area contributed by atoms with Crippen molar-refractivity contribution in [2.24, 2.45) is 11.8 Å². The molecule has 4 unspecified atom stereocenters. The van der Waals surface area contributed by atoms with E-state index in [1.165, 1.54) is 51.5 Å². The van der Waals surface area contributed by atoms with Crippen LogP contribution in [0.25, 0.3) is 0 Å². The van der Waals surface area contributed by atoms with Gasteiger partial charge in [0.2, 0.25) is 0 Å². The summed E-state index contributed by atoms with van der Waals surface area (Å²) in [5, 5.41) is 7.72. The predicted molar refractivity (Wildman–Crippen MR) is 85.0 cm³/mol. The van der Waals surface area contributed by atoms with Crippen molar-refractivity contribution in [1.82, 2.24) is 10.6 Å². The summed E-state index contributed by atoms with van der Waals surface area (Å²) < 4.78 is 5.41. The zero-order valence-corrected chi connectivity index (χ0v) is 13.7. The molecule has 0 aromatic heterocycles. The number of ether oxygens (including phenoxy) is 1. The van der Waals surface area contributed by atoms with Crippen LogP contribution in [0, 0.1) is 11.8 Å². The molecule has 0 aromatic rings. The van der Waals surface area contributed by atoms with Crippen LogP contribution >= 0.6 is 0 Å². The number of nitrogens with one attached hydrogen (secondary N) is 2. The molecule has 2 aliphatic rings. The molecule has 0 aromatic carbocycles. The highest BCUT2D eigenvalue weighted by molar-refractivity contribution is 4.92. The molecule has 0 bridgehead atoms. The summed E-state index contributed by atoms with van der Waals surface area (Å²) in [6.45, 7) is 6.65. The van der Waals surface area contributed by atoms with Crippen molar-refractivity contribution >= 4 is 0 Å². The first-order valence-electron chi connectivity index (χ1n) is 8.70. The maximum atomic E-state index is 5.41. The third kappa shape index (κ3) is 4.44. The average Bonchev–Trinajstić information content (AvgIpc) is 2.48. The molecule has 1 saturated heterocycles. The van der Waals surface area contributed by atoms with Crippen LogP contribution in [0.15, 0.2) is 0 Å². The summed E-state index contributed by atoms with van der Waals surface area (Å²) in [7, 11) is 1.82. The van der Waals surface area contributed by atoms with Gasteiger partial charge in [0.05, 0.1) is 6.61 Å². The van der Waals surface area contributed by atoms with Crippen molar-refractivity contribution in [2.45, 2.75) is 76.9 Å². The van der Waals surface area contributed by atoms with E-state index >= 15 is 0 Å². The molecule has 4 atom stereocenters. The highest BCUT2D eigenvalue weighted by atomic mass is 16.5. The fourth-order valence-corrected chi connectivity index (χ4v) is 3.98. The van der Waals surface area contributed by atoms with Crippen molar-refractivity contribution < 1.29 is 4.74 Å². The normalized spacial score (nSPS) is 33.3. The minimum absolute atomic E-state index is 0.495. The lowest BCUT2D eigenvalue weighted by molar-refractivity contribution is 0.111. The first-order valence-corrected chi connectivity index (χ1v) is 8.70. The van der Waals surface area contributed by atoms with Gasteiger partial charge in [-0.2, -0.15) is 0 Å². The molecule has 1 heterocycles. The van der Waals surface area contributed by atoms with Crippen LogP contribution in [0.2, 0.25) is 0 Å². The van der Waals surface area contributed by atoms with Crippen LogP contribution in [0.3, 0.4) is 0 Å². The molecular formula is C17H34N2O. The number of hydrogen-bond donors (Lipinski definition) is 2. The molecule has 20 heavy (non-hydrogen) atoms. The fourth-order valence-electron chi connectivity index (χ4n) is 3.98. The van der Waals surface area contributed by atoms with E-state index in [0.717, 1.165) is 18.6 Å². The number of methoxy groups -OCH3 is 1. The molecule has 1 aliphatic carbocycles. The molecule has 0 radical (unpaired) electrons. The van der Waals surface area contributed by atoms with E-state index in [9.17, 15) is 0 Å². The quantitative estimate of drug-likeness (QED) is 0.786. The number of rotatable bonds is 6. The minimum atomic E-state index is 0.495. The van der Waals surface area contributed by atoms with E-state index in [-0.39, 0.29) is 0 Å². The van der Waals surface area contributed by atoms with E-state index < -0.39 is 0 Å². The van der Waals surface area contributed by atoms with Gasteiger partial charge < -0.3 is 15.4 Å². The molecule has 0 amide bonds. The molecule has 118 valence electrons. The molecular weight excluding hydrogens is 248 g/mol. The van der Waals surface area contributed by atoms with E-state index in [1.807, 2.05) is 7.11 Å². The summed E-state index contributed by atoms with van der Waals surface area (Å²) >= 11 is 0. The van der Waals surface area contributed by atoms with Crippen LogP contribution in [0.4, 0.5) is 0 Å². The van der Waals surface area contributed by atoms with Crippen LogP contribution in [0.5, 0.6) is 0 Å². The maximum Gasteiger partial charge on any atom is 0.0618 e. The second-order valence-electron chi connectivity index (χ2n) is 7.08. The molecule has 2 fully saturated rings. The first kappa shape index (κ1) is 16.3. The van der Waals surface area contributed by atoms with Crippen molar-refractivity contribution in [3.8, 4) is 0 Å². The summed E-state index contributed by atoms with van der Waals surface area (Å²) in [5.41, 5.74) is 0. The van der Waals surface area contributed by atoms with Crippen LogP contribution in [-0.4, -0.2) is 38.4 Å². The van der Waals surface area contributed by atoms with Gasteiger partial charge in [-0.25, -0.2) is 0 Å². The van der Waals surface area contributed by atoms with Gasteiger partial charge in [0, 0.05) is 25.2 Å². The lowest BCUT2D eigenvalue weighted by atomic mass is 9.77. The van der Waals surface area contributed by atoms with E-state index in [0.29, 0.717) is 18.0 Å². The summed E-state index contributed by atoms with van der Waals surface area (Å²) in [6.07, 6.45) is 9.69. The Balaban J connectivity index is 1.94. The predicted octanol–water partition coefficient (Wildman–Crippen LogP) is 2.95. The Morgan fingerprint density at radius 1 is 1.10 bits per heavy atom. The maximum absolute atomic E-state index is 5.41. The molecule has 2 rings (SSSR count). The lowest BCUT2D eigenvalue weighted by Crippen LogP contribution is -2.54. The summed E-state index contributed by atoms with van der Waals surface area (Å²) in [4.78, 5) is 0. The van der Waals surface area contributed by atoms with Gasteiger partial charge >= 0.3 is 0 Å². The monoisotopic (exact) mass is 282 g/mol. The minimum Gasteiger partial charge on any atom is -0.383 e. The van der Waals surface area contributed by atoms with Gasteiger partial charge in [0.25, 0.3) is 0 Å². The molecule has 1 aliphatic heterocycles. The fraction of sp³-hybridized carbons (Fsp3) is 1.00. The second-order valence-corrected chi connectivity index (χ2v) is 7.08. The largest absolute Gasteiger partial charge is 0.383 e. The molecule has 3 heteroatoms. The second kappa shape index (κ2) is 8.35. The van der Waals surface area contributed by atoms with Gasteiger partial charge in [-0.1, -0.05) is 33.1 Å². The Kier molecular flexibility index (Phi) is 6.79. The average molecular weight is 282 g/mol. The van der Waals surface area contributed by atoms with Gasteiger partial charge in [-0.05, 0) is 44.1 Å². The smallest absolute Gasteiger partial charge is 0.0618 e. The van der Waals surface area contributed by atoms with Gasteiger partial charge in [-0.15, -0.1) is 0 Å². The zero-order chi connectivity index (χ0) is 14.4. The topological polar surface area (TPSA) is 33.3 Å². The van der Waals surface area contributed by atoms with Crippen LogP contribution < -0.4 is 10.6 Å². The van der Waals surface area contributed by atoms with Crippen LogP contribution in [-0.2, 0) is 4.74 Å². The highest BCUT2D eigenvalue weighted by Gasteiger charge is 2.33.